The van der Waals surface area contributed by atoms with Crippen molar-refractivity contribution in [3.63, 3.8) is 0 Å². The van der Waals surface area contributed by atoms with E-state index in [0.717, 1.165) is 17.3 Å². The number of hydrogen-bond donors (Lipinski definition) is 0. The monoisotopic (exact) mass is 440 g/mol. The molecule has 1 aromatic carbocycles. The van der Waals surface area contributed by atoms with Gasteiger partial charge in [0.2, 0.25) is 10.0 Å². The molecule has 2 aromatic heterocycles. The van der Waals surface area contributed by atoms with Gasteiger partial charge in [-0.05, 0) is 36.8 Å². The van der Waals surface area contributed by atoms with E-state index in [9.17, 15) is 18.5 Å². The molecule has 0 amide bonds. The van der Waals surface area contributed by atoms with Crippen LogP contribution in [-0.2, 0) is 10.0 Å². The Morgan fingerprint density at radius 1 is 0.968 bits per heavy atom. The Morgan fingerprint density at radius 2 is 1.68 bits per heavy atom. The van der Waals surface area contributed by atoms with Crippen LogP contribution in [-0.4, -0.2) is 59.0 Å². The van der Waals surface area contributed by atoms with Crippen molar-refractivity contribution in [1.29, 1.82) is 0 Å². The number of non-ortho nitro benzene ring substituents is 1. The second-order valence-corrected chi connectivity index (χ2v) is 9.02. The molecule has 1 saturated heterocycles. The highest BCUT2D eigenvalue weighted by Gasteiger charge is 2.31. The number of nitrogens with zero attached hydrogens (tertiary/aromatic N) is 6. The highest BCUT2D eigenvalue weighted by atomic mass is 32.2. The zero-order chi connectivity index (χ0) is 22.0. The van der Waals surface area contributed by atoms with Crippen LogP contribution in [0.25, 0.3) is 11.3 Å². The van der Waals surface area contributed by atoms with E-state index in [-0.39, 0.29) is 23.7 Å². The number of benzene rings is 1. The SMILES string of the molecule is Cc1ccc([N+](=O)[O-])cc1S(=O)(=O)N1CCN(c2ccc(-c3ccncc3)nn2)CC1. The summed E-state index contributed by atoms with van der Waals surface area (Å²) in [7, 11) is -3.84. The van der Waals surface area contributed by atoms with Crippen molar-refractivity contribution in [2.45, 2.75) is 11.8 Å². The first kappa shape index (κ1) is 20.8. The summed E-state index contributed by atoms with van der Waals surface area (Å²) in [5.74, 6) is 0.668. The van der Waals surface area contributed by atoms with Crippen molar-refractivity contribution < 1.29 is 13.3 Å². The smallest absolute Gasteiger partial charge is 0.270 e. The summed E-state index contributed by atoms with van der Waals surface area (Å²) in [5, 5.41) is 19.6. The summed E-state index contributed by atoms with van der Waals surface area (Å²) in [6.45, 7) is 3.01. The van der Waals surface area contributed by atoms with Crippen LogP contribution >= 0.6 is 0 Å². The molecular weight excluding hydrogens is 420 g/mol. The van der Waals surface area contributed by atoms with Gasteiger partial charge in [0.15, 0.2) is 5.82 Å². The minimum atomic E-state index is -3.84. The van der Waals surface area contributed by atoms with E-state index in [1.165, 1.54) is 16.4 Å². The first-order valence-electron chi connectivity index (χ1n) is 9.60. The highest BCUT2D eigenvalue weighted by molar-refractivity contribution is 7.89. The Kier molecular flexibility index (Phi) is 5.61. The third-order valence-electron chi connectivity index (χ3n) is 5.19. The van der Waals surface area contributed by atoms with Gasteiger partial charge in [-0.25, -0.2) is 8.42 Å². The van der Waals surface area contributed by atoms with E-state index in [1.54, 1.807) is 19.3 Å². The maximum Gasteiger partial charge on any atom is 0.270 e. The fourth-order valence-electron chi connectivity index (χ4n) is 3.45. The number of anilines is 1. The average molecular weight is 440 g/mol. The summed E-state index contributed by atoms with van der Waals surface area (Å²) in [6, 6.07) is 11.3. The molecular formula is C20H20N6O4S. The minimum Gasteiger partial charge on any atom is -0.352 e. The summed E-state index contributed by atoms with van der Waals surface area (Å²) in [6.07, 6.45) is 3.38. The minimum absolute atomic E-state index is 0.0309. The van der Waals surface area contributed by atoms with Gasteiger partial charge in [-0.15, -0.1) is 10.2 Å². The van der Waals surface area contributed by atoms with Gasteiger partial charge in [0.25, 0.3) is 5.69 Å². The van der Waals surface area contributed by atoms with E-state index >= 15 is 0 Å². The largest absolute Gasteiger partial charge is 0.352 e. The van der Waals surface area contributed by atoms with E-state index in [0.29, 0.717) is 24.5 Å². The van der Waals surface area contributed by atoms with Gasteiger partial charge in [0.1, 0.15) is 0 Å². The molecule has 0 saturated carbocycles. The number of hydrogen-bond acceptors (Lipinski definition) is 8. The van der Waals surface area contributed by atoms with Crippen LogP contribution in [0.4, 0.5) is 11.5 Å². The van der Waals surface area contributed by atoms with Gasteiger partial charge < -0.3 is 4.90 Å². The molecule has 160 valence electrons. The van der Waals surface area contributed by atoms with Gasteiger partial charge in [0, 0.05) is 56.3 Å². The number of piperazine rings is 1. The third kappa shape index (κ3) is 4.23. The normalized spacial score (nSPS) is 15.1. The van der Waals surface area contributed by atoms with Crippen LogP contribution < -0.4 is 4.90 Å². The number of pyridine rings is 1. The van der Waals surface area contributed by atoms with Crippen molar-refractivity contribution in [3.8, 4) is 11.3 Å². The molecule has 0 bridgehead atoms. The van der Waals surface area contributed by atoms with Crippen molar-refractivity contribution >= 4 is 21.5 Å². The summed E-state index contributed by atoms with van der Waals surface area (Å²) >= 11 is 0. The molecule has 10 nitrogen and oxygen atoms in total. The highest BCUT2D eigenvalue weighted by Crippen LogP contribution is 2.26. The Morgan fingerprint density at radius 3 is 2.29 bits per heavy atom. The fourth-order valence-corrected chi connectivity index (χ4v) is 5.11. The lowest BCUT2D eigenvalue weighted by Gasteiger charge is -2.34. The quantitative estimate of drug-likeness (QED) is 0.437. The number of nitro groups is 1. The number of rotatable bonds is 5. The van der Waals surface area contributed by atoms with Crippen molar-refractivity contribution in [3.05, 3.63) is 70.5 Å². The number of aromatic nitrogens is 3. The molecule has 1 aliphatic heterocycles. The average Bonchev–Trinajstić information content (AvgIpc) is 2.80. The molecule has 0 radical (unpaired) electrons. The Hall–Kier alpha value is -3.44. The molecule has 0 N–H and O–H groups in total. The fraction of sp³-hybridized carbons (Fsp3) is 0.250. The summed E-state index contributed by atoms with van der Waals surface area (Å²) < 4.78 is 27.5. The van der Waals surface area contributed by atoms with E-state index in [4.69, 9.17) is 0 Å². The molecule has 0 unspecified atom stereocenters. The third-order valence-corrected chi connectivity index (χ3v) is 7.23. The second-order valence-electron chi connectivity index (χ2n) is 7.11. The molecule has 1 aliphatic rings. The molecule has 11 heteroatoms. The molecule has 4 rings (SSSR count). The second kappa shape index (κ2) is 8.36. The van der Waals surface area contributed by atoms with Crippen LogP contribution in [0.1, 0.15) is 5.56 Å². The number of nitro benzene ring substituents is 1. The number of sulfonamides is 1. The molecule has 3 heterocycles. The maximum absolute atomic E-state index is 13.1. The van der Waals surface area contributed by atoms with Gasteiger partial charge in [0.05, 0.1) is 15.5 Å². The lowest BCUT2D eigenvalue weighted by Crippen LogP contribution is -2.49. The standard InChI is InChI=1S/C20H20N6O4S/c1-15-2-3-17(26(27)28)14-19(15)31(29,30)25-12-10-24(11-13-25)20-5-4-18(22-23-20)16-6-8-21-9-7-16/h2-9,14H,10-13H2,1H3. The van der Waals surface area contributed by atoms with Crippen molar-refractivity contribution in [1.82, 2.24) is 19.5 Å². The zero-order valence-corrected chi connectivity index (χ0v) is 17.6. The Labute approximate surface area is 179 Å². The van der Waals surface area contributed by atoms with Crippen LogP contribution in [0.5, 0.6) is 0 Å². The maximum atomic E-state index is 13.1. The van der Waals surface area contributed by atoms with Crippen molar-refractivity contribution in [2.24, 2.45) is 0 Å². The molecule has 31 heavy (non-hydrogen) atoms. The van der Waals surface area contributed by atoms with E-state index < -0.39 is 14.9 Å². The molecule has 3 aromatic rings. The van der Waals surface area contributed by atoms with Gasteiger partial charge in [-0.1, -0.05) is 6.07 Å². The van der Waals surface area contributed by atoms with Crippen molar-refractivity contribution in [2.75, 3.05) is 31.1 Å². The van der Waals surface area contributed by atoms with Crippen LogP contribution in [0.15, 0.2) is 59.8 Å². The first-order chi connectivity index (χ1) is 14.9. The summed E-state index contributed by atoms with van der Waals surface area (Å²) in [5.41, 5.74) is 1.88. The Balaban J connectivity index is 1.47. The number of aryl methyl sites for hydroxylation is 1. The van der Waals surface area contributed by atoms with Gasteiger partial charge in [-0.2, -0.15) is 4.31 Å². The predicted molar refractivity (Wildman–Crippen MR) is 114 cm³/mol. The van der Waals surface area contributed by atoms with E-state index in [1.807, 2.05) is 29.2 Å². The molecule has 0 atom stereocenters. The first-order valence-corrected chi connectivity index (χ1v) is 11.0. The van der Waals surface area contributed by atoms with Crippen LogP contribution in [0.3, 0.4) is 0 Å². The van der Waals surface area contributed by atoms with E-state index in [2.05, 4.69) is 15.2 Å². The lowest BCUT2D eigenvalue weighted by molar-refractivity contribution is -0.385. The van der Waals surface area contributed by atoms with Crippen LogP contribution in [0.2, 0.25) is 0 Å². The zero-order valence-electron chi connectivity index (χ0n) is 16.7. The topological polar surface area (TPSA) is 122 Å². The lowest BCUT2D eigenvalue weighted by atomic mass is 10.2. The molecule has 0 spiro atoms. The Bertz CT molecular complexity index is 1190. The van der Waals surface area contributed by atoms with Gasteiger partial charge >= 0.3 is 0 Å². The molecule has 1 fully saturated rings. The van der Waals surface area contributed by atoms with Gasteiger partial charge in [-0.3, -0.25) is 15.1 Å². The predicted octanol–water partition coefficient (Wildman–Crippen LogP) is 2.27. The summed E-state index contributed by atoms with van der Waals surface area (Å²) in [4.78, 5) is 16.4. The molecule has 0 aliphatic carbocycles. The van der Waals surface area contributed by atoms with Crippen LogP contribution in [0, 0.1) is 17.0 Å².